The summed E-state index contributed by atoms with van der Waals surface area (Å²) in [7, 11) is 0. The fourth-order valence-corrected chi connectivity index (χ4v) is 1.17. The number of halogens is 3. The molecule has 1 aromatic rings. The van der Waals surface area contributed by atoms with E-state index in [1.54, 1.807) is 0 Å². The molecule has 0 saturated carbocycles. The molecule has 0 aromatic heterocycles. The highest BCUT2D eigenvalue weighted by Gasteiger charge is 2.29. The highest BCUT2D eigenvalue weighted by molar-refractivity contribution is 5.24. The van der Waals surface area contributed by atoms with Crippen molar-refractivity contribution in [3.63, 3.8) is 0 Å². The molecule has 96 valence electrons. The van der Waals surface area contributed by atoms with Gasteiger partial charge in [-0.3, -0.25) is 0 Å². The first-order valence-corrected chi connectivity index (χ1v) is 5.05. The molecular weight excluding hydrogens is 235 g/mol. The van der Waals surface area contributed by atoms with Gasteiger partial charge in [0.25, 0.3) is 0 Å². The lowest BCUT2D eigenvalue weighted by atomic mass is 10.1. The van der Waals surface area contributed by atoms with Crippen molar-refractivity contribution in [2.24, 2.45) is 5.73 Å². The maximum Gasteiger partial charge on any atom is 0.416 e. The predicted molar refractivity (Wildman–Crippen MR) is 56.2 cm³/mol. The molecule has 0 amide bonds. The lowest BCUT2D eigenvalue weighted by Crippen LogP contribution is -2.24. The van der Waals surface area contributed by atoms with Gasteiger partial charge in [0, 0.05) is 6.54 Å². The van der Waals surface area contributed by atoms with Crippen LogP contribution in [0.2, 0.25) is 0 Å². The van der Waals surface area contributed by atoms with Crippen molar-refractivity contribution in [2.75, 3.05) is 13.2 Å². The lowest BCUT2D eigenvalue weighted by molar-refractivity contribution is -0.137. The van der Waals surface area contributed by atoms with Crippen molar-refractivity contribution in [2.45, 2.75) is 18.9 Å². The minimum Gasteiger partial charge on any atom is -0.389 e. The number of ether oxygens (including phenoxy) is 1. The van der Waals surface area contributed by atoms with Gasteiger partial charge in [0.05, 0.1) is 24.9 Å². The van der Waals surface area contributed by atoms with Crippen molar-refractivity contribution in [1.82, 2.24) is 0 Å². The fraction of sp³-hybridized carbons (Fsp3) is 0.455. The molecule has 1 aromatic carbocycles. The molecule has 0 aliphatic heterocycles. The Hall–Kier alpha value is -1.11. The molecule has 0 fully saturated rings. The quantitative estimate of drug-likeness (QED) is 0.832. The van der Waals surface area contributed by atoms with Gasteiger partial charge in [-0.25, -0.2) is 0 Å². The molecule has 17 heavy (non-hydrogen) atoms. The maximum absolute atomic E-state index is 12.2. The Balaban J connectivity index is 2.46. The van der Waals surface area contributed by atoms with Crippen LogP contribution in [-0.4, -0.2) is 24.4 Å². The Morgan fingerprint density at radius 3 is 2.29 bits per heavy atom. The van der Waals surface area contributed by atoms with Gasteiger partial charge >= 0.3 is 6.18 Å². The minimum absolute atomic E-state index is 0.0670. The molecule has 1 rings (SSSR count). The van der Waals surface area contributed by atoms with Gasteiger partial charge in [0.1, 0.15) is 0 Å². The SMILES string of the molecule is NC[C@@H](O)COCc1ccc(C(F)(F)F)cc1. The van der Waals surface area contributed by atoms with Crippen LogP contribution in [0.4, 0.5) is 13.2 Å². The summed E-state index contributed by atoms with van der Waals surface area (Å²) in [5.41, 5.74) is 5.09. The van der Waals surface area contributed by atoms with Gasteiger partial charge in [-0.1, -0.05) is 12.1 Å². The number of nitrogens with two attached hydrogens (primary N) is 1. The monoisotopic (exact) mass is 249 g/mol. The van der Waals surface area contributed by atoms with E-state index in [9.17, 15) is 13.2 Å². The van der Waals surface area contributed by atoms with E-state index in [0.29, 0.717) is 5.56 Å². The lowest BCUT2D eigenvalue weighted by Gasteiger charge is -2.10. The summed E-state index contributed by atoms with van der Waals surface area (Å²) in [5, 5.41) is 9.09. The number of benzene rings is 1. The maximum atomic E-state index is 12.2. The minimum atomic E-state index is -4.32. The normalized spacial score (nSPS) is 13.7. The number of hydrogen-bond donors (Lipinski definition) is 2. The molecular formula is C11H14F3NO2. The van der Waals surface area contributed by atoms with Gasteiger partial charge < -0.3 is 15.6 Å². The molecule has 0 unspecified atom stereocenters. The first-order valence-electron chi connectivity index (χ1n) is 5.05. The largest absolute Gasteiger partial charge is 0.416 e. The predicted octanol–water partition coefficient (Wildman–Crippen LogP) is 1.54. The molecule has 0 radical (unpaired) electrons. The van der Waals surface area contributed by atoms with Crippen molar-refractivity contribution in [1.29, 1.82) is 0 Å². The van der Waals surface area contributed by atoms with Crippen LogP contribution < -0.4 is 5.73 Å². The van der Waals surface area contributed by atoms with Crippen LogP contribution in [0, 0.1) is 0 Å². The van der Waals surface area contributed by atoms with Gasteiger partial charge in [0.15, 0.2) is 0 Å². The van der Waals surface area contributed by atoms with Crippen LogP contribution in [-0.2, 0) is 17.5 Å². The van der Waals surface area contributed by atoms with Crippen molar-refractivity contribution in [3.8, 4) is 0 Å². The van der Waals surface area contributed by atoms with Gasteiger partial charge in [-0.05, 0) is 17.7 Å². The van der Waals surface area contributed by atoms with E-state index < -0.39 is 17.8 Å². The molecule has 0 spiro atoms. The van der Waals surface area contributed by atoms with E-state index in [0.717, 1.165) is 12.1 Å². The van der Waals surface area contributed by atoms with E-state index in [2.05, 4.69) is 0 Å². The summed E-state index contributed by atoms with van der Waals surface area (Å²) < 4.78 is 41.8. The average molecular weight is 249 g/mol. The number of hydrogen-bond acceptors (Lipinski definition) is 3. The number of rotatable bonds is 5. The van der Waals surface area contributed by atoms with Crippen molar-refractivity contribution in [3.05, 3.63) is 35.4 Å². The van der Waals surface area contributed by atoms with Crippen LogP contribution in [0.1, 0.15) is 11.1 Å². The second-order valence-corrected chi connectivity index (χ2v) is 3.60. The summed E-state index contributed by atoms with van der Waals surface area (Å²) in [6.45, 7) is 0.305. The van der Waals surface area contributed by atoms with E-state index in [1.165, 1.54) is 12.1 Å². The highest BCUT2D eigenvalue weighted by atomic mass is 19.4. The summed E-state index contributed by atoms with van der Waals surface area (Å²) >= 11 is 0. The Labute approximate surface area is 97.0 Å². The standard InChI is InChI=1S/C11H14F3NO2/c12-11(13,14)9-3-1-8(2-4-9)6-17-7-10(16)5-15/h1-4,10,16H,5-7,15H2/t10-/m1/s1. The Kier molecular flexibility index (Phi) is 4.92. The zero-order chi connectivity index (χ0) is 12.9. The van der Waals surface area contributed by atoms with Gasteiger partial charge in [-0.15, -0.1) is 0 Å². The van der Waals surface area contributed by atoms with Crippen LogP contribution >= 0.6 is 0 Å². The second-order valence-electron chi connectivity index (χ2n) is 3.60. The number of aliphatic hydroxyl groups excluding tert-OH is 1. The molecule has 3 N–H and O–H groups in total. The topological polar surface area (TPSA) is 55.5 Å². The Morgan fingerprint density at radius 2 is 1.82 bits per heavy atom. The zero-order valence-corrected chi connectivity index (χ0v) is 9.07. The number of alkyl halides is 3. The number of aliphatic hydroxyl groups is 1. The molecule has 6 heteroatoms. The fourth-order valence-electron chi connectivity index (χ4n) is 1.17. The summed E-state index contributed by atoms with van der Waals surface area (Å²) in [5.74, 6) is 0. The molecule has 0 aliphatic rings. The third-order valence-electron chi connectivity index (χ3n) is 2.13. The van der Waals surface area contributed by atoms with Crippen LogP contribution in [0.25, 0.3) is 0 Å². The zero-order valence-electron chi connectivity index (χ0n) is 9.07. The molecule has 0 saturated heterocycles. The van der Waals surface area contributed by atoms with Crippen molar-refractivity contribution < 1.29 is 23.0 Å². The van der Waals surface area contributed by atoms with Crippen LogP contribution in [0.3, 0.4) is 0 Å². The third-order valence-corrected chi connectivity index (χ3v) is 2.13. The van der Waals surface area contributed by atoms with E-state index in [-0.39, 0.29) is 19.8 Å². The Bertz CT molecular complexity index is 338. The Morgan fingerprint density at radius 1 is 1.24 bits per heavy atom. The molecule has 0 aliphatic carbocycles. The second kappa shape index (κ2) is 6.00. The van der Waals surface area contributed by atoms with Gasteiger partial charge in [0.2, 0.25) is 0 Å². The van der Waals surface area contributed by atoms with Gasteiger partial charge in [-0.2, -0.15) is 13.2 Å². The van der Waals surface area contributed by atoms with E-state index in [4.69, 9.17) is 15.6 Å². The van der Waals surface area contributed by atoms with Crippen LogP contribution in [0.5, 0.6) is 0 Å². The summed E-state index contributed by atoms with van der Waals surface area (Å²) in [4.78, 5) is 0. The first kappa shape index (κ1) is 14.0. The molecule has 3 nitrogen and oxygen atoms in total. The molecule has 0 bridgehead atoms. The van der Waals surface area contributed by atoms with E-state index >= 15 is 0 Å². The summed E-state index contributed by atoms with van der Waals surface area (Å²) in [6, 6.07) is 4.69. The van der Waals surface area contributed by atoms with E-state index in [1.807, 2.05) is 0 Å². The third kappa shape index (κ3) is 4.72. The smallest absolute Gasteiger partial charge is 0.389 e. The van der Waals surface area contributed by atoms with Crippen molar-refractivity contribution >= 4 is 0 Å². The first-order chi connectivity index (χ1) is 7.93. The summed E-state index contributed by atoms with van der Waals surface area (Å²) in [6.07, 6.45) is -5.07. The average Bonchev–Trinajstić information content (AvgIpc) is 2.28. The van der Waals surface area contributed by atoms with Crippen LogP contribution in [0.15, 0.2) is 24.3 Å². The molecule has 1 atom stereocenters. The molecule has 0 heterocycles. The highest BCUT2D eigenvalue weighted by Crippen LogP contribution is 2.29.